The summed E-state index contributed by atoms with van der Waals surface area (Å²) in [4.78, 5) is 21.2. The zero-order valence-corrected chi connectivity index (χ0v) is 17.3. The third kappa shape index (κ3) is 4.68. The number of halogens is 3. The Morgan fingerprint density at radius 3 is 2.69 bits per heavy atom. The fourth-order valence-corrected chi connectivity index (χ4v) is 4.19. The monoisotopic (exact) mass is 433 g/mol. The number of ether oxygens (including phenoxy) is 1. The number of carbonyl (C=O) groups is 1. The van der Waals surface area contributed by atoms with Gasteiger partial charge in [0.25, 0.3) is 5.91 Å². The Bertz CT molecular complexity index is 794. The third-order valence-corrected chi connectivity index (χ3v) is 6.07. The molecule has 1 fully saturated rings. The number of morpholine rings is 1. The minimum absolute atomic E-state index is 0.169. The van der Waals surface area contributed by atoms with Crippen molar-refractivity contribution in [3.05, 3.63) is 48.8 Å². The van der Waals surface area contributed by atoms with Crippen LogP contribution in [0.25, 0.3) is 0 Å². The molecule has 0 radical (unpaired) electrons. The topological polar surface area (TPSA) is 45.7 Å². The number of amides is 1. The van der Waals surface area contributed by atoms with Crippen molar-refractivity contribution in [3.8, 4) is 0 Å². The molecule has 2 aromatic rings. The van der Waals surface area contributed by atoms with Crippen molar-refractivity contribution >= 4 is 52.0 Å². The second-order valence-corrected chi connectivity index (χ2v) is 8.14. The van der Waals surface area contributed by atoms with E-state index in [2.05, 4.69) is 9.88 Å². The van der Waals surface area contributed by atoms with Crippen LogP contribution in [0.2, 0.25) is 15.1 Å². The van der Waals surface area contributed by atoms with Crippen LogP contribution in [0.1, 0.15) is 21.1 Å². The lowest BCUT2D eigenvalue weighted by Crippen LogP contribution is -2.35. The SMILES string of the molecule is CN(Cc1csc(CN2CCOCC2)n1)C(=O)c1c(Cl)ccc(Cl)c1Cl. The quantitative estimate of drug-likeness (QED) is 0.661. The Kier molecular flexibility index (Phi) is 6.77. The van der Waals surface area contributed by atoms with Crippen LogP contribution in [0.4, 0.5) is 0 Å². The molecule has 3 rings (SSSR count). The summed E-state index contributed by atoms with van der Waals surface area (Å²) in [6.45, 7) is 4.53. The molecule has 0 aliphatic carbocycles. The van der Waals surface area contributed by atoms with Crippen molar-refractivity contribution in [2.24, 2.45) is 0 Å². The molecule has 0 bridgehead atoms. The van der Waals surface area contributed by atoms with Gasteiger partial charge in [-0.05, 0) is 12.1 Å². The highest BCUT2D eigenvalue weighted by molar-refractivity contribution is 7.09. The Hall–Kier alpha value is -0.890. The van der Waals surface area contributed by atoms with Gasteiger partial charge in [0.2, 0.25) is 0 Å². The van der Waals surface area contributed by atoms with Gasteiger partial charge in [-0.1, -0.05) is 34.8 Å². The molecule has 0 spiro atoms. The van der Waals surface area contributed by atoms with Crippen molar-refractivity contribution in [1.29, 1.82) is 0 Å². The summed E-state index contributed by atoms with van der Waals surface area (Å²) in [6.07, 6.45) is 0. The molecule has 0 N–H and O–H groups in total. The van der Waals surface area contributed by atoms with E-state index >= 15 is 0 Å². The van der Waals surface area contributed by atoms with Crippen molar-refractivity contribution in [3.63, 3.8) is 0 Å². The average molecular weight is 435 g/mol. The lowest BCUT2D eigenvalue weighted by atomic mass is 10.2. The maximum atomic E-state index is 12.7. The maximum absolute atomic E-state index is 12.7. The van der Waals surface area contributed by atoms with Gasteiger partial charge in [0.1, 0.15) is 5.01 Å². The summed E-state index contributed by atoms with van der Waals surface area (Å²) in [7, 11) is 1.69. The van der Waals surface area contributed by atoms with Crippen LogP contribution in [0.5, 0.6) is 0 Å². The first-order chi connectivity index (χ1) is 12.5. The van der Waals surface area contributed by atoms with E-state index < -0.39 is 0 Å². The summed E-state index contributed by atoms with van der Waals surface area (Å²) in [6, 6.07) is 3.14. The van der Waals surface area contributed by atoms with E-state index in [1.165, 1.54) is 4.90 Å². The highest BCUT2D eigenvalue weighted by Crippen LogP contribution is 2.32. The Morgan fingerprint density at radius 2 is 1.96 bits per heavy atom. The zero-order chi connectivity index (χ0) is 18.7. The summed E-state index contributed by atoms with van der Waals surface area (Å²) in [5.74, 6) is -0.287. The lowest BCUT2D eigenvalue weighted by Gasteiger charge is -2.25. The first kappa shape index (κ1) is 19.9. The molecule has 1 amide bonds. The molecule has 26 heavy (non-hydrogen) atoms. The summed E-state index contributed by atoms with van der Waals surface area (Å²) < 4.78 is 5.36. The largest absolute Gasteiger partial charge is 0.379 e. The molecule has 140 valence electrons. The number of nitrogens with zero attached hydrogens (tertiary/aromatic N) is 3. The van der Waals surface area contributed by atoms with E-state index in [1.807, 2.05) is 5.38 Å². The number of hydrogen-bond acceptors (Lipinski definition) is 5. The number of hydrogen-bond donors (Lipinski definition) is 0. The van der Waals surface area contributed by atoms with E-state index in [1.54, 1.807) is 30.5 Å². The van der Waals surface area contributed by atoms with Gasteiger partial charge in [-0.3, -0.25) is 9.69 Å². The molecule has 9 heteroatoms. The van der Waals surface area contributed by atoms with E-state index in [0.717, 1.165) is 43.5 Å². The van der Waals surface area contributed by atoms with Crippen molar-refractivity contribution in [1.82, 2.24) is 14.8 Å². The van der Waals surface area contributed by atoms with Gasteiger partial charge < -0.3 is 9.64 Å². The summed E-state index contributed by atoms with van der Waals surface area (Å²) in [5, 5.41) is 3.75. The van der Waals surface area contributed by atoms with E-state index in [9.17, 15) is 4.79 Å². The van der Waals surface area contributed by atoms with Crippen LogP contribution in [-0.4, -0.2) is 54.0 Å². The van der Waals surface area contributed by atoms with Crippen LogP contribution in [0, 0.1) is 0 Å². The smallest absolute Gasteiger partial charge is 0.257 e. The molecule has 1 aromatic carbocycles. The molecule has 5 nitrogen and oxygen atoms in total. The second kappa shape index (κ2) is 8.87. The normalized spacial score (nSPS) is 15.2. The van der Waals surface area contributed by atoms with Crippen LogP contribution < -0.4 is 0 Å². The number of benzene rings is 1. The molecule has 1 aromatic heterocycles. The number of aromatic nitrogens is 1. The van der Waals surface area contributed by atoms with Crippen molar-refractivity contribution in [2.45, 2.75) is 13.1 Å². The highest BCUT2D eigenvalue weighted by Gasteiger charge is 2.21. The fraction of sp³-hybridized carbons (Fsp3) is 0.412. The Labute approximate surface area is 171 Å². The van der Waals surface area contributed by atoms with Crippen molar-refractivity contribution in [2.75, 3.05) is 33.4 Å². The first-order valence-electron chi connectivity index (χ1n) is 8.08. The van der Waals surface area contributed by atoms with Crippen LogP contribution in [0.3, 0.4) is 0 Å². The lowest BCUT2D eigenvalue weighted by molar-refractivity contribution is 0.0341. The standard InChI is InChI=1S/C17H18Cl3N3O2S/c1-22(17(24)15-12(18)2-3-13(19)16(15)20)8-11-10-26-14(21-11)9-23-4-6-25-7-5-23/h2-3,10H,4-9H2,1H3. The number of carbonyl (C=O) groups excluding carboxylic acids is 1. The number of thiazole rings is 1. The second-order valence-electron chi connectivity index (χ2n) is 6.00. The number of rotatable bonds is 5. The minimum atomic E-state index is -0.287. The molecule has 0 unspecified atom stereocenters. The van der Waals surface area contributed by atoms with Crippen molar-refractivity contribution < 1.29 is 9.53 Å². The Balaban J connectivity index is 1.65. The van der Waals surface area contributed by atoms with Gasteiger partial charge in [-0.15, -0.1) is 11.3 Å². The molecule has 0 atom stereocenters. The average Bonchev–Trinajstić information content (AvgIpc) is 3.06. The van der Waals surface area contributed by atoms with Gasteiger partial charge in [0, 0.05) is 25.5 Å². The zero-order valence-electron chi connectivity index (χ0n) is 14.2. The fourth-order valence-electron chi connectivity index (χ4n) is 2.67. The van der Waals surface area contributed by atoms with Gasteiger partial charge in [-0.2, -0.15) is 0 Å². The van der Waals surface area contributed by atoms with Crippen LogP contribution in [-0.2, 0) is 17.8 Å². The molecular formula is C17H18Cl3N3O2S. The van der Waals surface area contributed by atoms with Gasteiger partial charge in [-0.25, -0.2) is 4.98 Å². The van der Waals surface area contributed by atoms with E-state index in [0.29, 0.717) is 11.6 Å². The highest BCUT2D eigenvalue weighted by atomic mass is 35.5. The predicted octanol–water partition coefficient (Wildman–Crippen LogP) is 4.21. The van der Waals surface area contributed by atoms with Crippen LogP contribution in [0.15, 0.2) is 17.5 Å². The van der Waals surface area contributed by atoms with E-state index in [4.69, 9.17) is 39.5 Å². The third-order valence-electron chi connectivity index (χ3n) is 4.07. The molecule has 0 saturated carbocycles. The van der Waals surface area contributed by atoms with Gasteiger partial charge in [0.15, 0.2) is 0 Å². The molecule has 2 heterocycles. The van der Waals surface area contributed by atoms with Crippen LogP contribution >= 0.6 is 46.1 Å². The minimum Gasteiger partial charge on any atom is -0.379 e. The van der Waals surface area contributed by atoms with Gasteiger partial charge in [0.05, 0.1) is 52.6 Å². The molecule has 1 aliphatic rings. The van der Waals surface area contributed by atoms with Gasteiger partial charge >= 0.3 is 0 Å². The molecular weight excluding hydrogens is 417 g/mol. The summed E-state index contributed by atoms with van der Waals surface area (Å²) >= 11 is 19.9. The first-order valence-corrected chi connectivity index (χ1v) is 10.1. The molecule has 1 saturated heterocycles. The Morgan fingerprint density at radius 1 is 1.27 bits per heavy atom. The predicted molar refractivity (Wildman–Crippen MR) is 105 cm³/mol. The molecule has 1 aliphatic heterocycles. The van der Waals surface area contributed by atoms with E-state index in [-0.39, 0.29) is 21.5 Å². The maximum Gasteiger partial charge on any atom is 0.257 e. The summed E-state index contributed by atoms with van der Waals surface area (Å²) in [5.41, 5.74) is 1.05.